The summed E-state index contributed by atoms with van der Waals surface area (Å²) in [5.41, 5.74) is 11.1. The highest BCUT2D eigenvalue weighted by atomic mass is 16.5. The van der Waals surface area contributed by atoms with Gasteiger partial charge in [0.15, 0.2) is 0 Å². The Morgan fingerprint density at radius 3 is 2.52 bits per heavy atom. The zero-order valence-corrected chi connectivity index (χ0v) is 17.5. The van der Waals surface area contributed by atoms with Gasteiger partial charge in [0.1, 0.15) is 0 Å². The molecule has 0 aromatic carbocycles. The van der Waals surface area contributed by atoms with Crippen molar-refractivity contribution in [1.29, 1.82) is 0 Å². The molecule has 0 radical (unpaired) electrons. The Hall–Kier alpha value is -1.82. The van der Waals surface area contributed by atoms with E-state index in [1.54, 1.807) is 7.11 Å². The molecular formula is C22H34N4O. The van der Waals surface area contributed by atoms with Gasteiger partial charge in [0.05, 0.1) is 17.0 Å². The third kappa shape index (κ3) is 6.09. The van der Waals surface area contributed by atoms with Gasteiger partial charge in [-0.25, -0.2) is 0 Å². The Bertz CT molecular complexity index is 730. The molecule has 2 aromatic heterocycles. The van der Waals surface area contributed by atoms with Crippen LogP contribution in [-0.2, 0) is 23.4 Å². The summed E-state index contributed by atoms with van der Waals surface area (Å²) >= 11 is 0. The first-order chi connectivity index (χ1) is 12.9. The second kappa shape index (κ2) is 9.93. The average Bonchev–Trinajstić information content (AvgIpc) is 2.64. The smallest absolute Gasteiger partial charge is 0.0889 e. The molecular weight excluding hydrogens is 336 g/mol. The van der Waals surface area contributed by atoms with E-state index in [1.165, 1.54) is 11.1 Å². The fourth-order valence-electron chi connectivity index (χ4n) is 3.25. The van der Waals surface area contributed by atoms with E-state index in [4.69, 9.17) is 10.5 Å². The molecule has 27 heavy (non-hydrogen) atoms. The summed E-state index contributed by atoms with van der Waals surface area (Å²) in [6.45, 7) is 11.6. The highest BCUT2D eigenvalue weighted by Crippen LogP contribution is 2.27. The van der Waals surface area contributed by atoms with E-state index in [-0.39, 0.29) is 5.60 Å². The molecule has 0 saturated carbocycles. The molecule has 0 aliphatic rings. The maximum absolute atomic E-state index is 5.71. The van der Waals surface area contributed by atoms with E-state index in [0.717, 1.165) is 56.0 Å². The van der Waals surface area contributed by atoms with Gasteiger partial charge in [-0.2, -0.15) is 0 Å². The predicted octanol–water partition coefficient (Wildman–Crippen LogP) is 3.72. The van der Waals surface area contributed by atoms with Crippen LogP contribution < -0.4 is 5.73 Å². The van der Waals surface area contributed by atoms with Gasteiger partial charge in [0.25, 0.3) is 0 Å². The molecule has 5 nitrogen and oxygen atoms in total. The third-order valence-electron chi connectivity index (χ3n) is 5.05. The Morgan fingerprint density at radius 2 is 1.85 bits per heavy atom. The van der Waals surface area contributed by atoms with E-state index < -0.39 is 0 Å². The molecule has 0 atom stereocenters. The number of unbranched alkanes of at least 4 members (excludes halogenated alkanes) is 1. The number of hydrogen-bond acceptors (Lipinski definition) is 5. The molecule has 0 aliphatic heterocycles. The molecule has 0 bridgehead atoms. The Kier molecular flexibility index (Phi) is 7.90. The predicted molar refractivity (Wildman–Crippen MR) is 110 cm³/mol. The van der Waals surface area contributed by atoms with Gasteiger partial charge in [-0.1, -0.05) is 12.1 Å². The lowest BCUT2D eigenvalue weighted by atomic mass is 9.96. The molecule has 2 aromatic rings. The van der Waals surface area contributed by atoms with E-state index in [0.29, 0.717) is 0 Å². The van der Waals surface area contributed by atoms with Crippen LogP contribution >= 0.6 is 0 Å². The minimum Gasteiger partial charge on any atom is -0.374 e. The van der Waals surface area contributed by atoms with Gasteiger partial charge in [-0.3, -0.25) is 14.9 Å². The van der Waals surface area contributed by atoms with Crippen molar-refractivity contribution >= 4 is 0 Å². The molecule has 0 unspecified atom stereocenters. The van der Waals surface area contributed by atoms with Crippen LogP contribution in [0.25, 0.3) is 0 Å². The topological polar surface area (TPSA) is 64.3 Å². The summed E-state index contributed by atoms with van der Waals surface area (Å²) in [5.74, 6) is 0. The van der Waals surface area contributed by atoms with Crippen LogP contribution in [0.3, 0.4) is 0 Å². The highest BCUT2D eigenvalue weighted by Gasteiger charge is 2.24. The molecule has 2 heterocycles. The van der Waals surface area contributed by atoms with Gasteiger partial charge in [-0.15, -0.1) is 0 Å². The summed E-state index contributed by atoms with van der Waals surface area (Å²) in [6.07, 6.45) is 5.89. The van der Waals surface area contributed by atoms with Crippen molar-refractivity contribution < 1.29 is 4.74 Å². The van der Waals surface area contributed by atoms with Crippen LogP contribution in [0.1, 0.15) is 54.8 Å². The quantitative estimate of drug-likeness (QED) is 0.646. The number of rotatable bonds is 10. The van der Waals surface area contributed by atoms with Crippen LogP contribution in [0, 0.1) is 13.8 Å². The summed E-state index contributed by atoms with van der Waals surface area (Å²) < 4.78 is 5.71. The lowest BCUT2D eigenvalue weighted by molar-refractivity contribution is 0.0174. The number of methoxy groups -OCH3 is 1. The van der Waals surface area contributed by atoms with Crippen molar-refractivity contribution in [3.8, 4) is 0 Å². The molecule has 0 amide bonds. The van der Waals surface area contributed by atoms with Gasteiger partial charge in [-0.05, 0) is 70.8 Å². The van der Waals surface area contributed by atoms with Crippen molar-refractivity contribution in [2.45, 2.75) is 59.2 Å². The summed E-state index contributed by atoms with van der Waals surface area (Å²) in [4.78, 5) is 11.8. The summed E-state index contributed by atoms with van der Waals surface area (Å²) in [6, 6.07) is 6.28. The third-order valence-corrected chi connectivity index (χ3v) is 5.05. The number of aryl methyl sites for hydroxylation is 2. The maximum atomic E-state index is 5.71. The highest BCUT2D eigenvalue weighted by molar-refractivity contribution is 5.26. The van der Waals surface area contributed by atoms with E-state index in [9.17, 15) is 0 Å². The van der Waals surface area contributed by atoms with Gasteiger partial charge in [0, 0.05) is 38.2 Å². The minimum atomic E-state index is -0.370. The largest absolute Gasteiger partial charge is 0.374 e. The van der Waals surface area contributed by atoms with Crippen LogP contribution in [0.4, 0.5) is 0 Å². The molecule has 0 saturated heterocycles. The van der Waals surface area contributed by atoms with Crippen LogP contribution in [0.5, 0.6) is 0 Å². The Labute approximate surface area is 164 Å². The van der Waals surface area contributed by atoms with Crippen LogP contribution in [-0.4, -0.2) is 35.1 Å². The number of hydrogen-bond donors (Lipinski definition) is 1. The molecule has 5 heteroatoms. The minimum absolute atomic E-state index is 0.370. The summed E-state index contributed by atoms with van der Waals surface area (Å²) in [5, 5.41) is 0. The first kappa shape index (κ1) is 21.5. The first-order valence-electron chi connectivity index (χ1n) is 9.71. The SMILES string of the molecule is COC(C)(C)c1cccnc1CN(CCCCN)Cc1ncc(C)cc1C. The standard InChI is InChI=1S/C22H34N4O/c1-17-13-18(2)20(25-14-17)15-26(12-7-6-10-23)16-21-19(9-8-11-24-21)22(3,4)27-5/h8-9,11,13-14H,6-7,10,12,15-16,23H2,1-5H3. The number of ether oxygens (including phenoxy) is 1. The van der Waals surface area contributed by atoms with Crippen molar-refractivity contribution in [2.24, 2.45) is 5.73 Å². The normalized spacial score (nSPS) is 12.0. The fraction of sp³-hybridized carbons (Fsp3) is 0.545. The maximum Gasteiger partial charge on any atom is 0.0889 e. The molecule has 0 fully saturated rings. The number of nitrogens with two attached hydrogens (primary N) is 1. The average molecular weight is 371 g/mol. The van der Waals surface area contributed by atoms with Gasteiger partial charge < -0.3 is 10.5 Å². The van der Waals surface area contributed by atoms with Crippen molar-refractivity contribution in [2.75, 3.05) is 20.2 Å². The fourth-order valence-corrected chi connectivity index (χ4v) is 3.25. The Morgan fingerprint density at radius 1 is 1.11 bits per heavy atom. The van der Waals surface area contributed by atoms with Crippen LogP contribution in [0.2, 0.25) is 0 Å². The lowest BCUT2D eigenvalue weighted by Gasteiger charge is -2.28. The van der Waals surface area contributed by atoms with Crippen molar-refractivity contribution in [3.63, 3.8) is 0 Å². The molecule has 2 N–H and O–H groups in total. The molecule has 0 spiro atoms. The van der Waals surface area contributed by atoms with Crippen molar-refractivity contribution in [1.82, 2.24) is 14.9 Å². The lowest BCUT2D eigenvalue weighted by Crippen LogP contribution is -2.29. The molecule has 2 rings (SSSR count). The van der Waals surface area contributed by atoms with Gasteiger partial charge >= 0.3 is 0 Å². The number of aromatic nitrogens is 2. The monoisotopic (exact) mass is 370 g/mol. The van der Waals surface area contributed by atoms with E-state index >= 15 is 0 Å². The zero-order chi connectivity index (χ0) is 19.9. The zero-order valence-electron chi connectivity index (χ0n) is 17.5. The number of nitrogens with zero attached hydrogens (tertiary/aromatic N) is 3. The first-order valence-corrected chi connectivity index (χ1v) is 9.71. The molecule has 148 valence electrons. The Balaban J connectivity index is 2.25. The van der Waals surface area contributed by atoms with Gasteiger partial charge in [0.2, 0.25) is 0 Å². The second-order valence-electron chi connectivity index (χ2n) is 7.69. The van der Waals surface area contributed by atoms with Crippen molar-refractivity contribution in [3.05, 3.63) is 58.7 Å². The number of pyridine rings is 2. The van der Waals surface area contributed by atoms with E-state index in [2.05, 4.69) is 54.7 Å². The van der Waals surface area contributed by atoms with Crippen LogP contribution in [0.15, 0.2) is 30.6 Å². The molecule has 0 aliphatic carbocycles. The summed E-state index contributed by atoms with van der Waals surface area (Å²) in [7, 11) is 1.75. The second-order valence-corrected chi connectivity index (χ2v) is 7.69. The van der Waals surface area contributed by atoms with E-state index in [1.807, 2.05) is 18.5 Å².